The Morgan fingerprint density at radius 1 is 1.07 bits per heavy atom. The zero-order chi connectivity index (χ0) is 20.4. The Morgan fingerprint density at radius 3 is 2.39 bits per heavy atom. The van der Waals surface area contributed by atoms with Crippen molar-refractivity contribution in [2.24, 2.45) is 0 Å². The molecule has 1 heterocycles. The third-order valence-corrected chi connectivity index (χ3v) is 9.28. The number of hydrogen-bond donors (Lipinski definition) is 1. The second kappa shape index (κ2) is 8.31. The van der Waals surface area contributed by atoms with E-state index in [9.17, 15) is 21.2 Å². The summed E-state index contributed by atoms with van der Waals surface area (Å²) in [7, 11) is -7.27. The number of hydrogen-bond acceptors (Lipinski definition) is 5. The van der Waals surface area contributed by atoms with Crippen LogP contribution in [0.25, 0.3) is 0 Å². The number of halogens is 1. The van der Waals surface area contributed by atoms with E-state index in [0.29, 0.717) is 18.5 Å². The Hall–Kier alpha value is -1.77. The Labute approximate surface area is 165 Å². The Balaban J connectivity index is 1.76. The summed E-state index contributed by atoms with van der Waals surface area (Å²) in [6.07, 6.45) is 1.14. The fourth-order valence-corrected chi connectivity index (χ4v) is 8.21. The van der Waals surface area contributed by atoms with Crippen LogP contribution in [0.3, 0.4) is 0 Å². The molecule has 0 amide bonds. The molecule has 8 heteroatoms. The fraction of sp³-hybridized carbons (Fsp3) is 0.400. The van der Waals surface area contributed by atoms with Gasteiger partial charge in [-0.25, -0.2) is 21.2 Å². The van der Waals surface area contributed by atoms with E-state index in [1.807, 2.05) is 6.92 Å². The summed E-state index contributed by atoms with van der Waals surface area (Å²) in [4.78, 5) is 0.132. The summed E-state index contributed by atoms with van der Waals surface area (Å²) in [5.41, 5.74) is 1.52. The minimum atomic E-state index is -3.80. The highest BCUT2D eigenvalue weighted by molar-refractivity contribution is 7.96. The lowest BCUT2D eigenvalue weighted by molar-refractivity contribution is 0.523. The van der Waals surface area contributed by atoms with Gasteiger partial charge in [-0.15, -0.1) is 0 Å². The molecule has 152 valence electrons. The smallest absolute Gasteiger partial charge is 0.183 e. The average molecular weight is 426 g/mol. The Kier molecular flexibility index (Phi) is 6.21. The van der Waals surface area contributed by atoms with Gasteiger partial charge in [0.05, 0.1) is 21.7 Å². The molecule has 28 heavy (non-hydrogen) atoms. The van der Waals surface area contributed by atoms with Crippen molar-refractivity contribution in [3.63, 3.8) is 0 Å². The van der Waals surface area contributed by atoms with E-state index < -0.39 is 36.7 Å². The van der Waals surface area contributed by atoms with E-state index in [1.54, 1.807) is 30.3 Å². The third-order valence-electron chi connectivity index (χ3n) is 5.12. The Morgan fingerprint density at radius 2 is 1.75 bits per heavy atom. The van der Waals surface area contributed by atoms with Crippen LogP contribution in [-0.4, -0.2) is 46.2 Å². The number of benzene rings is 2. The van der Waals surface area contributed by atoms with Gasteiger partial charge in [-0.2, -0.15) is 0 Å². The summed E-state index contributed by atoms with van der Waals surface area (Å²) < 4.78 is 64.2. The van der Waals surface area contributed by atoms with Gasteiger partial charge in [-0.3, -0.25) is 0 Å². The van der Waals surface area contributed by atoms with Gasteiger partial charge >= 0.3 is 0 Å². The summed E-state index contributed by atoms with van der Waals surface area (Å²) in [6.45, 7) is 2.27. The highest BCUT2D eigenvalue weighted by Gasteiger charge is 2.45. The van der Waals surface area contributed by atoms with E-state index in [1.165, 1.54) is 18.2 Å². The molecule has 5 nitrogen and oxygen atoms in total. The molecule has 1 aliphatic rings. The molecule has 2 atom stereocenters. The highest BCUT2D eigenvalue weighted by atomic mass is 32.2. The first-order chi connectivity index (χ1) is 13.2. The first-order valence-electron chi connectivity index (χ1n) is 9.23. The van der Waals surface area contributed by atoms with Gasteiger partial charge in [-0.1, -0.05) is 37.3 Å². The maximum Gasteiger partial charge on any atom is 0.183 e. The van der Waals surface area contributed by atoms with Crippen molar-refractivity contribution in [3.8, 4) is 0 Å². The molecule has 3 rings (SSSR count). The van der Waals surface area contributed by atoms with Crippen LogP contribution in [0.4, 0.5) is 4.39 Å². The maximum absolute atomic E-state index is 13.7. The molecule has 1 N–H and O–H groups in total. The predicted octanol–water partition coefficient (Wildman–Crippen LogP) is 2.16. The summed E-state index contributed by atoms with van der Waals surface area (Å²) in [5, 5.41) is 1.99. The number of aryl methyl sites for hydroxylation is 1. The topological polar surface area (TPSA) is 80.3 Å². The second-order valence-corrected chi connectivity index (χ2v) is 11.4. The van der Waals surface area contributed by atoms with Crippen LogP contribution in [-0.2, 0) is 32.5 Å². The van der Waals surface area contributed by atoms with Crippen molar-refractivity contribution >= 4 is 19.7 Å². The normalized spacial score (nSPS) is 21.6. The lowest BCUT2D eigenvalue weighted by Crippen LogP contribution is -2.44. The fourth-order valence-electron chi connectivity index (χ4n) is 3.49. The standard InChI is InChI=1S/C20H24FNO4S2/c1-2-15-7-9-17(10-8-15)28(25,26)20-14-27(23,24)13-19(20)22-12-11-16-5-3-4-6-18(16)21/h3-10,19-20,22H,2,11-14H2,1H3/t19-,20-/m0/s1. The lowest BCUT2D eigenvalue weighted by Gasteiger charge is -2.20. The zero-order valence-corrected chi connectivity index (χ0v) is 17.3. The van der Waals surface area contributed by atoms with Crippen molar-refractivity contribution in [3.05, 3.63) is 65.5 Å². The molecule has 1 saturated heterocycles. The SMILES string of the molecule is CCc1ccc(S(=O)(=O)[C@H]2CS(=O)(=O)C[C@@H]2NCCc2ccccc2F)cc1. The van der Waals surface area contributed by atoms with Crippen molar-refractivity contribution in [2.75, 3.05) is 18.1 Å². The monoisotopic (exact) mass is 425 g/mol. The molecule has 2 aromatic carbocycles. The number of sulfone groups is 2. The largest absolute Gasteiger partial charge is 0.311 e. The molecular formula is C20H24FNO4S2. The number of rotatable bonds is 7. The lowest BCUT2D eigenvalue weighted by atomic mass is 10.1. The van der Waals surface area contributed by atoms with Gasteiger partial charge in [0, 0.05) is 6.04 Å². The van der Waals surface area contributed by atoms with Gasteiger partial charge in [0.1, 0.15) is 5.82 Å². The van der Waals surface area contributed by atoms with Crippen molar-refractivity contribution in [1.29, 1.82) is 0 Å². The molecule has 0 unspecified atom stereocenters. The minimum absolute atomic E-state index is 0.132. The quantitative estimate of drug-likeness (QED) is 0.735. The molecular weight excluding hydrogens is 401 g/mol. The van der Waals surface area contributed by atoms with Gasteiger partial charge in [0.15, 0.2) is 19.7 Å². The average Bonchev–Trinajstić information content (AvgIpc) is 2.98. The molecule has 0 radical (unpaired) electrons. The molecule has 0 aliphatic carbocycles. The van der Waals surface area contributed by atoms with Crippen LogP contribution < -0.4 is 5.32 Å². The van der Waals surface area contributed by atoms with E-state index in [-0.39, 0.29) is 16.5 Å². The van der Waals surface area contributed by atoms with Crippen molar-refractivity contribution < 1.29 is 21.2 Å². The summed E-state index contributed by atoms with van der Waals surface area (Å²) >= 11 is 0. The van der Waals surface area contributed by atoms with E-state index in [4.69, 9.17) is 0 Å². The molecule has 0 spiro atoms. The van der Waals surface area contributed by atoms with Gasteiger partial charge in [0.2, 0.25) is 0 Å². The van der Waals surface area contributed by atoms with Gasteiger partial charge in [0.25, 0.3) is 0 Å². The van der Waals surface area contributed by atoms with E-state index in [0.717, 1.165) is 12.0 Å². The second-order valence-electron chi connectivity index (χ2n) is 7.06. The van der Waals surface area contributed by atoms with E-state index >= 15 is 0 Å². The minimum Gasteiger partial charge on any atom is -0.311 e. The Bertz CT molecular complexity index is 1030. The molecule has 1 fully saturated rings. The van der Waals surface area contributed by atoms with Crippen molar-refractivity contribution in [2.45, 2.75) is 36.0 Å². The molecule has 2 aromatic rings. The zero-order valence-electron chi connectivity index (χ0n) is 15.6. The maximum atomic E-state index is 13.7. The summed E-state index contributed by atoms with van der Waals surface area (Å²) in [6, 6.07) is 12.2. The first-order valence-corrected chi connectivity index (χ1v) is 12.6. The van der Waals surface area contributed by atoms with Crippen LogP contribution in [0.2, 0.25) is 0 Å². The van der Waals surface area contributed by atoms with Crippen LogP contribution in [0, 0.1) is 5.82 Å². The molecule has 0 aromatic heterocycles. The first kappa shape index (κ1) is 21.0. The third kappa shape index (κ3) is 4.61. The number of nitrogens with one attached hydrogen (secondary N) is 1. The van der Waals surface area contributed by atoms with Crippen molar-refractivity contribution in [1.82, 2.24) is 5.32 Å². The molecule has 0 bridgehead atoms. The molecule has 0 saturated carbocycles. The van der Waals surface area contributed by atoms with Gasteiger partial charge in [-0.05, 0) is 48.7 Å². The summed E-state index contributed by atoms with van der Waals surface area (Å²) in [5.74, 6) is -0.966. The van der Waals surface area contributed by atoms with E-state index in [2.05, 4.69) is 5.32 Å². The van der Waals surface area contributed by atoms with Crippen LogP contribution >= 0.6 is 0 Å². The van der Waals surface area contributed by atoms with Gasteiger partial charge < -0.3 is 5.32 Å². The molecule has 1 aliphatic heterocycles. The van der Waals surface area contributed by atoms with Crippen LogP contribution in [0.1, 0.15) is 18.1 Å². The van der Waals surface area contributed by atoms with Crippen LogP contribution in [0.15, 0.2) is 53.4 Å². The highest BCUT2D eigenvalue weighted by Crippen LogP contribution is 2.26. The van der Waals surface area contributed by atoms with Crippen LogP contribution in [0.5, 0.6) is 0 Å². The predicted molar refractivity (Wildman–Crippen MR) is 107 cm³/mol.